The average molecular weight is 328 g/mol. The van der Waals surface area contributed by atoms with Crippen LogP contribution in [0, 0.1) is 18.8 Å². The van der Waals surface area contributed by atoms with Crippen molar-refractivity contribution in [3.63, 3.8) is 0 Å². The largest absolute Gasteiger partial charge is 0.342 e. The van der Waals surface area contributed by atoms with Gasteiger partial charge in [0.1, 0.15) is 0 Å². The van der Waals surface area contributed by atoms with Crippen molar-refractivity contribution in [2.75, 3.05) is 18.4 Å². The summed E-state index contributed by atoms with van der Waals surface area (Å²) in [7, 11) is 0. The summed E-state index contributed by atoms with van der Waals surface area (Å²) in [5, 5.41) is 3.00. The molecule has 1 saturated carbocycles. The molecule has 130 valence electrons. The normalized spacial score (nSPS) is 20.0. The summed E-state index contributed by atoms with van der Waals surface area (Å²) in [6, 6.07) is 7.88. The molecule has 0 radical (unpaired) electrons. The van der Waals surface area contributed by atoms with E-state index in [0.717, 1.165) is 44.5 Å². The third kappa shape index (κ3) is 4.16. The molecule has 0 atom stereocenters. The van der Waals surface area contributed by atoms with E-state index in [0.29, 0.717) is 5.91 Å². The molecule has 4 nitrogen and oxygen atoms in total. The van der Waals surface area contributed by atoms with E-state index in [4.69, 9.17) is 0 Å². The first kappa shape index (κ1) is 17.0. The van der Waals surface area contributed by atoms with Gasteiger partial charge in [0.25, 0.3) is 0 Å². The Morgan fingerprint density at radius 1 is 0.917 bits per heavy atom. The SMILES string of the molecule is Cc1ccc(NC(=O)C2CCN(C(=O)C3CCCCC3)CC2)cc1. The van der Waals surface area contributed by atoms with Crippen LogP contribution in [-0.4, -0.2) is 29.8 Å². The lowest BCUT2D eigenvalue weighted by Gasteiger charge is -2.34. The fourth-order valence-corrected chi connectivity index (χ4v) is 3.85. The number of rotatable bonds is 3. The van der Waals surface area contributed by atoms with Crippen LogP contribution in [0.3, 0.4) is 0 Å². The van der Waals surface area contributed by atoms with E-state index in [1.165, 1.54) is 24.8 Å². The smallest absolute Gasteiger partial charge is 0.227 e. The van der Waals surface area contributed by atoms with Gasteiger partial charge in [-0.05, 0) is 44.7 Å². The highest BCUT2D eigenvalue weighted by Gasteiger charge is 2.31. The predicted octanol–water partition coefficient (Wildman–Crippen LogP) is 3.75. The number of carbonyl (C=O) groups excluding carboxylic acids is 2. The Hall–Kier alpha value is -1.84. The third-order valence-electron chi connectivity index (χ3n) is 5.45. The molecule has 4 heteroatoms. The van der Waals surface area contributed by atoms with Gasteiger partial charge in [-0.3, -0.25) is 9.59 Å². The van der Waals surface area contributed by atoms with Gasteiger partial charge in [0.2, 0.25) is 11.8 Å². The van der Waals surface area contributed by atoms with Crippen molar-refractivity contribution in [1.29, 1.82) is 0 Å². The van der Waals surface area contributed by atoms with Crippen LogP contribution < -0.4 is 5.32 Å². The second kappa shape index (κ2) is 7.82. The van der Waals surface area contributed by atoms with Crippen LogP contribution in [0.25, 0.3) is 0 Å². The lowest BCUT2D eigenvalue weighted by molar-refractivity contribution is -0.139. The second-order valence-corrected chi connectivity index (χ2v) is 7.29. The number of likely N-dealkylation sites (tertiary alicyclic amines) is 1. The van der Waals surface area contributed by atoms with Crippen molar-refractivity contribution in [1.82, 2.24) is 4.90 Å². The molecule has 1 aliphatic heterocycles. The number of piperidine rings is 1. The molecule has 0 bridgehead atoms. The van der Waals surface area contributed by atoms with Gasteiger partial charge in [0.05, 0.1) is 0 Å². The molecule has 1 saturated heterocycles. The summed E-state index contributed by atoms with van der Waals surface area (Å²) in [6.45, 7) is 3.48. The molecule has 1 aromatic carbocycles. The maximum absolute atomic E-state index is 12.6. The lowest BCUT2D eigenvalue weighted by Crippen LogP contribution is -2.44. The number of hydrogen-bond acceptors (Lipinski definition) is 2. The summed E-state index contributed by atoms with van der Waals surface area (Å²) in [5.41, 5.74) is 2.04. The first-order chi connectivity index (χ1) is 11.6. The first-order valence-corrected chi connectivity index (χ1v) is 9.30. The molecular weight excluding hydrogens is 300 g/mol. The van der Waals surface area contributed by atoms with Crippen molar-refractivity contribution < 1.29 is 9.59 Å². The molecule has 1 aromatic rings. The van der Waals surface area contributed by atoms with E-state index in [2.05, 4.69) is 5.32 Å². The number of nitrogens with zero attached hydrogens (tertiary/aromatic N) is 1. The van der Waals surface area contributed by atoms with Crippen LogP contribution in [0.1, 0.15) is 50.5 Å². The minimum Gasteiger partial charge on any atom is -0.342 e. The maximum Gasteiger partial charge on any atom is 0.227 e. The minimum atomic E-state index is 0.0155. The van der Waals surface area contributed by atoms with Gasteiger partial charge >= 0.3 is 0 Å². The molecule has 1 heterocycles. The van der Waals surface area contributed by atoms with Gasteiger partial charge in [-0.2, -0.15) is 0 Å². The Labute approximate surface area is 144 Å². The molecular formula is C20H28N2O2. The molecule has 0 unspecified atom stereocenters. The van der Waals surface area contributed by atoms with Gasteiger partial charge in [-0.25, -0.2) is 0 Å². The Balaban J connectivity index is 1.48. The van der Waals surface area contributed by atoms with E-state index in [1.807, 2.05) is 36.1 Å². The monoisotopic (exact) mass is 328 g/mol. The highest BCUT2D eigenvalue weighted by molar-refractivity contribution is 5.92. The standard InChI is InChI=1S/C20H28N2O2/c1-15-7-9-18(10-8-15)21-19(23)16-11-13-22(14-12-16)20(24)17-5-3-2-4-6-17/h7-10,16-17H,2-6,11-14H2,1H3,(H,21,23). The number of benzene rings is 1. The van der Waals surface area contributed by atoms with Crippen molar-refractivity contribution in [2.45, 2.75) is 51.9 Å². The van der Waals surface area contributed by atoms with E-state index >= 15 is 0 Å². The van der Waals surface area contributed by atoms with Crippen molar-refractivity contribution in [2.24, 2.45) is 11.8 Å². The first-order valence-electron chi connectivity index (χ1n) is 9.30. The van der Waals surface area contributed by atoms with Crippen molar-refractivity contribution >= 4 is 17.5 Å². The summed E-state index contributed by atoms with van der Waals surface area (Å²) in [5.74, 6) is 0.661. The van der Waals surface area contributed by atoms with E-state index < -0.39 is 0 Å². The van der Waals surface area contributed by atoms with Crippen molar-refractivity contribution in [3.8, 4) is 0 Å². The molecule has 1 aliphatic carbocycles. The predicted molar refractivity (Wildman–Crippen MR) is 95.7 cm³/mol. The molecule has 24 heavy (non-hydrogen) atoms. The number of nitrogens with one attached hydrogen (secondary N) is 1. The fourth-order valence-electron chi connectivity index (χ4n) is 3.85. The maximum atomic E-state index is 12.6. The van der Waals surface area contributed by atoms with Crippen LogP contribution in [0.4, 0.5) is 5.69 Å². The number of amides is 2. The third-order valence-corrected chi connectivity index (χ3v) is 5.45. The fraction of sp³-hybridized carbons (Fsp3) is 0.600. The number of aryl methyl sites for hydroxylation is 1. The van der Waals surface area contributed by atoms with Gasteiger partial charge in [-0.15, -0.1) is 0 Å². The Bertz CT molecular complexity index is 568. The molecule has 1 N–H and O–H groups in total. The molecule has 3 rings (SSSR count). The molecule has 0 aromatic heterocycles. The zero-order valence-electron chi connectivity index (χ0n) is 14.6. The minimum absolute atomic E-state index is 0.0155. The number of hydrogen-bond donors (Lipinski definition) is 1. The van der Waals surface area contributed by atoms with Crippen LogP contribution in [-0.2, 0) is 9.59 Å². The quantitative estimate of drug-likeness (QED) is 0.918. The molecule has 2 aliphatic rings. The molecule has 2 amide bonds. The summed E-state index contributed by atoms with van der Waals surface area (Å²) in [6.07, 6.45) is 7.29. The zero-order valence-corrected chi connectivity index (χ0v) is 14.6. The summed E-state index contributed by atoms with van der Waals surface area (Å²) in [4.78, 5) is 27.0. The van der Waals surface area contributed by atoms with E-state index in [1.54, 1.807) is 0 Å². The number of carbonyl (C=O) groups is 2. The van der Waals surface area contributed by atoms with Crippen LogP contribution in [0.5, 0.6) is 0 Å². The van der Waals surface area contributed by atoms with Gasteiger partial charge < -0.3 is 10.2 Å². The second-order valence-electron chi connectivity index (χ2n) is 7.29. The van der Waals surface area contributed by atoms with E-state index in [9.17, 15) is 9.59 Å². The van der Waals surface area contributed by atoms with Gasteiger partial charge in [0.15, 0.2) is 0 Å². The lowest BCUT2D eigenvalue weighted by atomic mass is 9.87. The molecule has 0 spiro atoms. The Kier molecular flexibility index (Phi) is 5.54. The van der Waals surface area contributed by atoms with Crippen LogP contribution >= 0.6 is 0 Å². The van der Waals surface area contributed by atoms with E-state index in [-0.39, 0.29) is 17.7 Å². The number of anilines is 1. The highest BCUT2D eigenvalue weighted by Crippen LogP contribution is 2.28. The van der Waals surface area contributed by atoms with Gasteiger partial charge in [0, 0.05) is 30.6 Å². The topological polar surface area (TPSA) is 49.4 Å². The van der Waals surface area contributed by atoms with Crippen LogP contribution in [0.2, 0.25) is 0 Å². The zero-order chi connectivity index (χ0) is 16.9. The van der Waals surface area contributed by atoms with Gasteiger partial charge in [-0.1, -0.05) is 37.0 Å². The Morgan fingerprint density at radius 3 is 2.17 bits per heavy atom. The highest BCUT2D eigenvalue weighted by atomic mass is 16.2. The average Bonchev–Trinajstić information content (AvgIpc) is 2.64. The van der Waals surface area contributed by atoms with Crippen LogP contribution in [0.15, 0.2) is 24.3 Å². The molecule has 2 fully saturated rings. The summed E-state index contributed by atoms with van der Waals surface area (Å²) >= 11 is 0. The summed E-state index contributed by atoms with van der Waals surface area (Å²) < 4.78 is 0. The van der Waals surface area contributed by atoms with Crippen molar-refractivity contribution in [3.05, 3.63) is 29.8 Å². The Morgan fingerprint density at radius 2 is 1.54 bits per heavy atom.